The molecule has 0 saturated carbocycles. The molecule has 0 bridgehead atoms. The minimum absolute atomic E-state index is 0.0475. The summed E-state index contributed by atoms with van der Waals surface area (Å²) in [6.45, 7) is 8.71. The molecule has 4 aromatic rings. The maximum Gasteiger partial charge on any atom is 0.262 e. The molecule has 1 N–H and O–H groups in total. The van der Waals surface area contributed by atoms with Crippen molar-refractivity contribution < 1.29 is 13.9 Å². The average molecular weight is 457 g/mol. The van der Waals surface area contributed by atoms with Crippen molar-refractivity contribution in [3.63, 3.8) is 0 Å². The summed E-state index contributed by atoms with van der Waals surface area (Å²) in [6.07, 6.45) is 2.17. The third kappa shape index (κ3) is 5.48. The van der Waals surface area contributed by atoms with E-state index in [1.165, 1.54) is 11.1 Å². The Morgan fingerprint density at radius 3 is 2.24 bits per heavy atom. The lowest BCUT2D eigenvalue weighted by molar-refractivity contribution is -0.118. The van der Waals surface area contributed by atoms with Gasteiger partial charge in [0, 0.05) is 11.3 Å². The minimum atomic E-state index is -0.210. The maximum absolute atomic E-state index is 12.3. The molecule has 0 fully saturated rings. The summed E-state index contributed by atoms with van der Waals surface area (Å²) in [5, 5.41) is 2.87. The molecule has 5 heteroatoms. The van der Waals surface area contributed by atoms with Crippen LogP contribution >= 0.6 is 0 Å². The van der Waals surface area contributed by atoms with Gasteiger partial charge in [-0.1, -0.05) is 45.9 Å². The predicted octanol–water partition coefficient (Wildman–Crippen LogP) is 7.54. The highest BCUT2D eigenvalue weighted by molar-refractivity contribution is 5.92. The topological polar surface area (TPSA) is 64.4 Å². The van der Waals surface area contributed by atoms with E-state index in [2.05, 4.69) is 62.3 Å². The van der Waals surface area contributed by atoms with Gasteiger partial charge in [0.15, 0.2) is 12.2 Å². The van der Waals surface area contributed by atoms with Gasteiger partial charge in [0.05, 0.1) is 0 Å². The number of anilines is 1. The average Bonchev–Trinajstić information content (AvgIpc) is 3.30. The lowest BCUT2D eigenvalue weighted by Crippen LogP contribution is -2.20. The fourth-order valence-corrected chi connectivity index (χ4v) is 3.78. The van der Waals surface area contributed by atoms with Gasteiger partial charge in [-0.05, 0) is 84.3 Å². The smallest absolute Gasteiger partial charge is 0.262 e. The molecule has 0 spiro atoms. The van der Waals surface area contributed by atoms with Crippen molar-refractivity contribution in [2.45, 2.75) is 52.4 Å². The number of nitrogens with zero attached hydrogens (tertiary/aromatic N) is 1. The van der Waals surface area contributed by atoms with E-state index in [9.17, 15) is 4.79 Å². The van der Waals surface area contributed by atoms with Crippen molar-refractivity contribution in [1.29, 1.82) is 0 Å². The number of fused-ring (bicyclic) bond motifs is 1. The number of oxazole rings is 1. The van der Waals surface area contributed by atoms with Crippen LogP contribution < -0.4 is 10.1 Å². The first-order valence-corrected chi connectivity index (χ1v) is 12.0. The molecule has 176 valence electrons. The summed E-state index contributed by atoms with van der Waals surface area (Å²) in [4.78, 5) is 17.0. The monoisotopic (exact) mass is 456 g/mol. The largest absolute Gasteiger partial charge is 0.484 e. The molecule has 0 aliphatic carbocycles. The Balaban J connectivity index is 1.35. The van der Waals surface area contributed by atoms with Crippen molar-refractivity contribution >= 4 is 22.7 Å². The zero-order chi connectivity index (χ0) is 24.1. The van der Waals surface area contributed by atoms with E-state index < -0.39 is 0 Å². The van der Waals surface area contributed by atoms with Gasteiger partial charge in [0.1, 0.15) is 11.3 Å². The number of carbonyl (C=O) groups excluding carboxylic acids is 1. The lowest BCUT2D eigenvalue weighted by Gasteiger charge is -2.11. The second kappa shape index (κ2) is 10.6. The number of hydrogen-bond acceptors (Lipinski definition) is 4. The maximum atomic E-state index is 12.3. The molecule has 0 saturated heterocycles. The fourth-order valence-electron chi connectivity index (χ4n) is 3.78. The van der Waals surface area contributed by atoms with Gasteiger partial charge in [0.2, 0.25) is 5.89 Å². The van der Waals surface area contributed by atoms with Crippen LogP contribution in [0.25, 0.3) is 22.6 Å². The Bertz CT molecular complexity index is 1240. The summed E-state index contributed by atoms with van der Waals surface area (Å²) in [5.41, 5.74) is 5.72. The standard InChI is InChI=1S/C29H32N2O3/c1-5-19(3)21-9-14-25(15-10-21)33-18-28(32)30-24-12-7-22(8-13-24)29-31-26-17-23(20(4)6-2)11-16-27(26)34-29/h7-17,19-20H,5-6,18H2,1-4H3,(H,30,32)/t19-,20+/m1/s1. The van der Waals surface area contributed by atoms with Gasteiger partial charge < -0.3 is 14.5 Å². The SMILES string of the molecule is CC[C@@H](C)c1ccc(OCC(=O)Nc2ccc(-c3nc4cc([C@@H](C)CC)ccc4o3)cc2)cc1. The number of benzene rings is 3. The van der Waals surface area contributed by atoms with Gasteiger partial charge in [0.25, 0.3) is 5.91 Å². The van der Waals surface area contributed by atoms with Crippen molar-refractivity contribution in [2.75, 3.05) is 11.9 Å². The van der Waals surface area contributed by atoms with Crippen LogP contribution in [0.3, 0.4) is 0 Å². The van der Waals surface area contributed by atoms with E-state index in [0.717, 1.165) is 29.5 Å². The van der Waals surface area contributed by atoms with E-state index in [1.54, 1.807) is 0 Å². The van der Waals surface area contributed by atoms with Crippen LogP contribution in [0.1, 0.15) is 63.5 Å². The summed E-state index contributed by atoms with van der Waals surface area (Å²) < 4.78 is 11.6. The first-order chi connectivity index (χ1) is 16.5. The van der Waals surface area contributed by atoms with E-state index in [4.69, 9.17) is 9.15 Å². The molecule has 0 radical (unpaired) electrons. The Kier molecular flexibility index (Phi) is 7.31. The number of hydrogen-bond donors (Lipinski definition) is 1. The summed E-state index contributed by atoms with van der Waals surface area (Å²) in [5.74, 6) is 2.04. The second-order valence-electron chi connectivity index (χ2n) is 8.85. The van der Waals surface area contributed by atoms with Crippen molar-refractivity contribution in [2.24, 2.45) is 0 Å². The number of nitrogens with one attached hydrogen (secondary N) is 1. The highest BCUT2D eigenvalue weighted by atomic mass is 16.5. The van der Waals surface area contributed by atoms with Crippen molar-refractivity contribution in [3.8, 4) is 17.2 Å². The van der Waals surface area contributed by atoms with Crippen LogP contribution in [0.5, 0.6) is 5.75 Å². The van der Waals surface area contributed by atoms with E-state index in [0.29, 0.717) is 29.2 Å². The van der Waals surface area contributed by atoms with Crippen LogP contribution in [0.15, 0.2) is 71.1 Å². The summed E-state index contributed by atoms with van der Waals surface area (Å²) in [6, 6.07) is 21.6. The van der Waals surface area contributed by atoms with Crippen LogP contribution in [-0.2, 0) is 4.79 Å². The third-order valence-electron chi connectivity index (χ3n) is 6.44. The molecular formula is C29H32N2O3. The molecule has 34 heavy (non-hydrogen) atoms. The first-order valence-electron chi connectivity index (χ1n) is 12.0. The summed E-state index contributed by atoms with van der Waals surface area (Å²) >= 11 is 0. The molecule has 4 rings (SSSR count). The predicted molar refractivity (Wildman–Crippen MR) is 137 cm³/mol. The quantitative estimate of drug-likeness (QED) is 0.282. The molecule has 1 aromatic heterocycles. The van der Waals surface area contributed by atoms with Gasteiger partial charge in [-0.3, -0.25) is 4.79 Å². The fraction of sp³-hybridized carbons (Fsp3) is 0.310. The number of rotatable bonds is 9. The van der Waals surface area contributed by atoms with Gasteiger partial charge in [-0.2, -0.15) is 0 Å². The van der Waals surface area contributed by atoms with Crippen molar-refractivity contribution in [1.82, 2.24) is 4.98 Å². The number of amides is 1. The number of carbonyl (C=O) groups is 1. The molecular weight excluding hydrogens is 424 g/mol. The second-order valence-corrected chi connectivity index (χ2v) is 8.85. The molecule has 1 heterocycles. The van der Waals surface area contributed by atoms with Crippen LogP contribution in [0.4, 0.5) is 5.69 Å². The van der Waals surface area contributed by atoms with E-state index >= 15 is 0 Å². The van der Waals surface area contributed by atoms with Gasteiger partial charge in [-0.15, -0.1) is 0 Å². The van der Waals surface area contributed by atoms with Crippen LogP contribution in [0, 0.1) is 0 Å². The van der Waals surface area contributed by atoms with Crippen LogP contribution in [0.2, 0.25) is 0 Å². The normalized spacial score (nSPS) is 12.9. The molecule has 0 aliphatic rings. The highest BCUT2D eigenvalue weighted by Gasteiger charge is 2.12. The Morgan fingerprint density at radius 2 is 1.56 bits per heavy atom. The molecule has 0 aliphatic heterocycles. The lowest BCUT2D eigenvalue weighted by atomic mass is 9.98. The number of aromatic nitrogens is 1. The van der Waals surface area contributed by atoms with E-state index in [1.807, 2.05) is 42.5 Å². The molecule has 0 unspecified atom stereocenters. The molecule has 1 amide bonds. The number of ether oxygens (including phenoxy) is 1. The summed E-state index contributed by atoms with van der Waals surface area (Å²) in [7, 11) is 0. The minimum Gasteiger partial charge on any atom is -0.484 e. The zero-order valence-electron chi connectivity index (χ0n) is 20.3. The van der Waals surface area contributed by atoms with Gasteiger partial charge >= 0.3 is 0 Å². The Labute approximate surface area is 201 Å². The molecule has 3 aromatic carbocycles. The van der Waals surface area contributed by atoms with Crippen molar-refractivity contribution in [3.05, 3.63) is 77.9 Å². The van der Waals surface area contributed by atoms with Gasteiger partial charge in [-0.25, -0.2) is 4.98 Å². The highest BCUT2D eigenvalue weighted by Crippen LogP contribution is 2.28. The molecule has 2 atom stereocenters. The Morgan fingerprint density at radius 1 is 0.912 bits per heavy atom. The zero-order valence-corrected chi connectivity index (χ0v) is 20.3. The third-order valence-corrected chi connectivity index (χ3v) is 6.44. The molecule has 5 nitrogen and oxygen atoms in total. The Hall–Kier alpha value is -3.60. The van der Waals surface area contributed by atoms with E-state index in [-0.39, 0.29) is 12.5 Å². The van der Waals surface area contributed by atoms with Crippen LogP contribution in [-0.4, -0.2) is 17.5 Å². The first kappa shape index (κ1) is 23.6.